The van der Waals surface area contributed by atoms with Gasteiger partial charge in [0.2, 0.25) is 0 Å². The normalized spacial score (nSPS) is 44.7. The van der Waals surface area contributed by atoms with Gasteiger partial charge in [-0.05, 0) is 0 Å². The van der Waals surface area contributed by atoms with Crippen LogP contribution in [-0.2, 0) is 14.5 Å². The Morgan fingerprint density at radius 1 is 0.909 bits per heavy atom. The van der Waals surface area contributed by atoms with Crippen LogP contribution in [0.1, 0.15) is 0 Å². The number of hydrogen-bond acceptors (Lipinski definition) is 3. The van der Waals surface area contributed by atoms with E-state index in [1.54, 1.807) is 0 Å². The Morgan fingerprint density at radius 3 is 1.45 bits per heavy atom. The monoisotopic (exact) mass is 240 g/mol. The molecule has 0 spiro atoms. The highest BCUT2D eigenvalue weighted by Crippen LogP contribution is 2.39. The molecule has 0 aromatic rings. The second-order valence-electron chi connectivity index (χ2n) is 1.86. The number of hydrogen-bond donors (Lipinski definition) is 0. The molecule has 0 amide bonds. The van der Waals surface area contributed by atoms with Gasteiger partial charge in [0.1, 0.15) is 0 Å². The molecule has 1 aliphatic rings. The van der Waals surface area contributed by atoms with E-state index in [-0.39, 0.29) is 11.8 Å². The van der Waals surface area contributed by atoms with Crippen LogP contribution < -0.4 is 0 Å². The Labute approximate surface area is 83.3 Å². The van der Waals surface area contributed by atoms with Crippen LogP contribution in [0.4, 0.5) is 0 Å². The van der Waals surface area contributed by atoms with Gasteiger partial charge in [-0.1, -0.05) is 23.2 Å². The lowest BCUT2D eigenvalue weighted by molar-refractivity contribution is -0.309. The summed E-state index contributed by atoms with van der Waals surface area (Å²) in [5, 5.41) is -3.06. The van der Waals surface area contributed by atoms with E-state index < -0.39 is 10.5 Å². The van der Waals surface area contributed by atoms with E-state index in [1.165, 1.54) is 0 Å². The van der Waals surface area contributed by atoms with Gasteiger partial charge in [0.25, 0.3) is 10.5 Å². The number of alkyl halides is 4. The first-order valence-electron chi connectivity index (χ1n) is 2.60. The maximum Gasteiger partial charge on any atom is 0.295 e. The van der Waals surface area contributed by atoms with Crippen LogP contribution in [-0.4, -0.2) is 22.3 Å². The van der Waals surface area contributed by atoms with Crippen molar-refractivity contribution in [2.45, 2.75) is 10.5 Å². The second kappa shape index (κ2) is 3.42. The SMILES string of the molecule is ClC[C@@]1(Cl)OO[C@](Cl)(CCl)O1. The van der Waals surface area contributed by atoms with Gasteiger partial charge in [0.05, 0.1) is 11.8 Å². The molecule has 0 radical (unpaired) electrons. The first-order chi connectivity index (χ1) is 5.04. The lowest BCUT2D eigenvalue weighted by atomic mass is 10.7. The van der Waals surface area contributed by atoms with Crippen molar-refractivity contribution in [3.8, 4) is 0 Å². The molecule has 2 atom stereocenters. The highest BCUT2D eigenvalue weighted by atomic mass is 35.5. The molecule has 1 fully saturated rings. The molecule has 1 heterocycles. The molecule has 1 aliphatic heterocycles. The van der Waals surface area contributed by atoms with Crippen molar-refractivity contribution in [3.05, 3.63) is 0 Å². The van der Waals surface area contributed by atoms with Crippen LogP contribution in [0.2, 0.25) is 0 Å². The van der Waals surface area contributed by atoms with Crippen molar-refractivity contribution >= 4 is 46.4 Å². The molecule has 0 saturated carbocycles. The molecule has 1 saturated heterocycles. The maximum absolute atomic E-state index is 5.57. The lowest BCUT2D eigenvalue weighted by Crippen LogP contribution is -2.31. The van der Waals surface area contributed by atoms with Crippen molar-refractivity contribution in [2.24, 2.45) is 0 Å². The van der Waals surface area contributed by atoms with Crippen molar-refractivity contribution in [1.82, 2.24) is 0 Å². The smallest absolute Gasteiger partial charge is 0.284 e. The van der Waals surface area contributed by atoms with Crippen molar-refractivity contribution in [2.75, 3.05) is 11.8 Å². The number of rotatable bonds is 2. The molecule has 0 bridgehead atoms. The molecule has 0 unspecified atom stereocenters. The highest BCUT2D eigenvalue weighted by Gasteiger charge is 2.50. The minimum absolute atomic E-state index is 0.111. The second-order valence-corrected chi connectivity index (χ2v) is 3.54. The van der Waals surface area contributed by atoms with E-state index in [0.29, 0.717) is 0 Å². The minimum Gasteiger partial charge on any atom is -0.284 e. The topological polar surface area (TPSA) is 27.7 Å². The van der Waals surface area contributed by atoms with Crippen LogP contribution in [0.15, 0.2) is 0 Å². The number of halogens is 4. The Bertz CT molecular complexity index is 140. The van der Waals surface area contributed by atoms with Crippen molar-refractivity contribution in [1.29, 1.82) is 0 Å². The summed E-state index contributed by atoms with van der Waals surface area (Å²) in [7, 11) is 0. The summed E-state index contributed by atoms with van der Waals surface area (Å²) in [6.45, 7) is 0. The molecular formula is C4H4Cl4O3. The highest BCUT2D eigenvalue weighted by molar-refractivity contribution is 6.31. The third-order valence-electron chi connectivity index (χ3n) is 0.915. The summed E-state index contributed by atoms with van der Waals surface area (Å²) in [5.74, 6) is -0.222. The van der Waals surface area contributed by atoms with Crippen LogP contribution in [0.5, 0.6) is 0 Å². The summed E-state index contributed by atoms with van der Waals surface area (Å²) in [5.41, 5.74) is 0. The Morgan fingerprint density at radius 2 is 1.27 bits per heavy atom. The van der Waals surface area contributed by atoms with Crippen LogP contribution >= 0.6 is 46.4 Å². The van der Waals surface area contributed by atoms with E-state index >= 15 is 0 Å². The van der Waals surface area contributed by atoms with Gasteiger partial charge in [-0.25, -0.2) is 0 Å². The van der Waals surface area contributed by atoms with E-state index in [2.05, 4.69) is 9.78 Å². The summed E-state index contributed by atoms with van der Waals surface area (Å²) >= 11 is 21.9. The zero-order valence-corrected chi connectivity index (χ0v) is 8.17. The van der Waals surface area contributed by atoms with Crippen LogP contribution in [0.25, 0.3) is 0 Å². The summed E-state index contributed by atoms with van der Waals surface area (Å²) < 4.78 is 4.86. The van der Waals surface area contributed by atoms with E-state index in [1.807, 2.05) is 0 Å². The molecule has 1 rings (SSSR count). The quantitative estimate of drug-likeness (QED) is 0.548. The van der Waals surface area contributed by atoms with Gasteiger partial charge in [-0.3, -0.25) is 4.74 Å². The van der Waals surface area contributed by atoms with Crippen LogP contribution in [0, 0.1) is 0 Å². The van der Waals surface area contributed by atoms with Crippen LogP contribution in [0.3, 0.4) is 0 Å². The van der Waals surface area contributed by atoms with Gasteiger partial charge in [0, 0.05) is 0 Å². The fourth-order valence-electron chi connectivity index (χ4n) is 0.485. The predicted molar refractivity (Wildman–Crippen MR) is 41.9 cm³/mol. The summed E-state index contributed by atoms with van der Waals surface area (Å²) in [6, 6.07) is 0. The molecule has 0 aromatic heterocycles. The lowest BCUT2D eigenvalue weighted by Gasteiger charge is -2.15. The third-order valence-corrected chi connectivity index (χ3v) is 2.44. The first kappa shape index (κ1) is 10.1. The third kappa shape index (κ3) is 2.25. The average molecular weight is 242 g/mol. The fraction of sp³-hybridized carbons (Fsp3) is 1.00. The van der Waals surface area contributed by atoms with Crippen molar-refractivity contribution < 1.29 is 14.5 Å². The molecule has 0 aromatic carbocycles. The molecule has 7 heteroatoms. The predicted octanol–water partition coefficient (Wildman–Crippen LogP) is 2.23. The van der Waals surface area contributed by atoms with E-state index in [0.717, 1.165) is 0 Å². The van der Waals surface area contributed by atoms with Gasteiger partial charge in [-0.2, -0.15) is 9.78 Å². The molecular weight excluding hydrogens is 238 g/mol. The molecule has 0 aliphatic carbocycles. The Hall–Kier alpha value is 1.04. The number of ether oxygens (including phenoxy) is 1. The molecule has 11 heavy (non-hydrogen) atoms. The van der Waals surface area contributed by atoms with Gasteiger partial charge in [0.15, 0.2) is 0 Å². The van der Waals surface area contributed by atoms with E-state index in [4.69, 9.17) is 51.1 Å². The molecule has 66 valence electrons. The van der Waals surface area contributed by atoms with Gasteiger partial charge in [-0.15, -0.1) is 23.2 Å². The zero-order chi connectivity index (χ0) is 8.54. The largest absolute Gasteiger partial charge is 0.295 e. The zero-order valence-electron chi connectivity index (χ0n) is 5.15. The van der Waals surface area contributed by atoms with E-state index in [9.17, 15) is 0 Å². The van der Waals surface area contributed by atoms with Gasteiger partial charge >= 0.3 is 0 Å². The fourth-order valence-corrected chi connectivity index (χ4v) is 1.04. The Balaban J connectivity index is 2.58. The first-order valence-corrected chi connectivity index (χ1v) is 4.43. The Kier molecular flexibility index (Phi) is 3.15. The molecule has 3 nitrogen and oxygen atoms in total. The maximum atomic E-state index is 5.57. The summed E-state index contributed by atoms with van der Waals surface area (Å²) in [6.07, 6.45) is 0. The minimum atomic E-state index is -1.53. The van der Waals surface area contributed by atoms with Gasteiger partial charge < -0.3 is 0 Å². The summed E-state index contributed by atoms with van der Waals surface area (Å²) in [4.78, 5) is 8.98. The average Bonchev–Trinajstić information content (AvgIpc) is 2.30. The molecule has 0 N–H and O–H groups in total. The van der Waals surface area contributed by atoms with Crippen molar-refractivity contribution in [3.63, 3.8) is 0 Å². The standard InChI is InChI=1S/C4H4Cl4O3/c5-1-3(7)9-4(8,2-6)11-10-3/h1-2H2/t3-,4-/m0/s1.